The van der Waals surface area contributed by atoms with E-state index in [1.165, 1.54) is 6.92 Å². The maximum Gasteiger partial charge on any atom is 0.265 e. The Morgan fingerprint density at radius 1 is 1.04 bits per heavy atom. The molecule has 0 aliphatic carbocycles. The number of amides is 2. The molecule has 0 fully saturated rings. The predicted molar refractivity (Wildman–Crippen MR) is 90.9 cm³/mol. The van der Waals surface area contributed by atoms with Gasteiger partial charge in [-0.3, -0.25) is 9.59 Å². The van der Waals surface area contributed by atoms with E-state index in [2.05, 4.69) is 10.6 Å². The minimum Gasteiger partial charge on any atom is -0.481 e. The molecule has 0 spiro atoms. The minimum absolute atomic E-state index is 0.172. The lowest BCUT2D eigenvalue weighted by Crippen LogP contribution is -2.30. The molecule has 2 aromatic rings. The summed E-state index contributed by atoms with van der Waals surface area (Å²) in [7, 11) is 0. The topological polar surface area (TPSA) is 67.4 Å². The Labute approximate surface area is 139 Å². The summed E-state index contributed by atoms with van der Waals surface area (Å²) in [5.74, 6) is 0.0242. The van der Waals surface area contributed by atoms with Crippen molar-refractivity contribution in [1.82, 2.24) is 0 Å². The fourth-order valence-corrected chi connectivity index (χ4v) is 2.11. The molecule has 0 aliphatic heterocycles. The monoisotopic (exact) mass is 332 g/mol. The number of ether oxygens (including phenoxy) is 1. The Hall–Kier alpha value is -2.53. The van der Waals surface area contributed by atoms with Gasteiger partial charge in [0.05, 0.1) is 0 Å². The van der Waals surface area contributed by atoms with E-state index in [-0.39, 0.29) is 11.8 Å². The summed E-state index contributed by atoms with van der Waals surface area (Å²) in [5.41, 5.74) is 1.21. The van der Waals surface area contributed by atoms with Gasteiger partial charge in [-0.1, -0.05) is 23.7 Å². The van der Waals surface area contributed by atoms with Crippen molar-refractivity contribution in [2.24, 2.45) is 0 Å². The molecule has 5 nitrogen and oxygen atoms in total. The molecule has 0 saturated heterocycles. The number of carbonyl (C=O) groups is 2. The first-order valence-corrected chi connectivity index (χ1v) is 7.42. The summed E-state index contributed by atoms with van der Waals surface area (Å²) in [6, 6.07) is 13.7. The quantitative estimate of drug-likeness (QED) is 0.877. The summed E-state index contributed by atoms with van der Waals surface area (Å²) in [6.07, 6.45) is -0.707. The molecule has 6 heteroatoms. The molecule has 2 aromatic carbocycles. The van der Waals surface area contributed by atoms with E-state index in [0.717, 1.165) is 0 Å². The van der Waals surface area contributed by atoms with Crippen LogP contribution in [0.1, 0.15) is 13.8 Å². The molecule has 0 bridgehead atoms. The van der Waals surface area contributed by atoms with Gasteiger partial charge in [0, 0.05) is 29.4 Å². The average Bonchev–Trinajstić information content (AvgIpc) is 2.46. The first-order valence-electron chi connectivity index (χ1n) is 7.05. The zero-order chi connectivity index (χ0) is 16.8. The highest BCUT2D eigenvalue weighted by molar-refractivity contribution is 6.30. The molecule has 0 heterocycles. The van der Waals surface area contributed by atoms with E-state index < -0.39 is 6.10 Å². The molecule has 2 N–H and O–H groups in total. The van der Waals surface area contributed by atoms with Gasteiger partial charge >= 0.3 is 0 Å². The Morgan fingerprint density at radius 3 is 2.35 bits per heavy atom. The third-order valence-electron chi connectivity index (χ3n) is 2.93. The molecule has 1 atom stereocenters. The van der Waals surface area contributed by atoms with Crippen LogP contribution in [0.2, 0.25) is 5.02 Å². The molecule has 23 heavy (non-hydrogen) atoms. The molecule has 0 aliphatic rings. The smallest absolute Gasteiger partial charge is 0.265 e. The van der Waals surface area contributed by atoms with Gasteiger partial charge in [0.2, 0.25) is 5.91 Å². The largest absolute Gasteiger partial charge is 0.481 e. The van der Waals surface area contributed by atoms with E-state index in [1.54, 1.807) is 55.5 Å². The Kier molecular flexibility index (Phi) is 5.60. The molecule has 2 rings (SSSR count). The van der Waals surface area contributed by atoms with Crippen LogP contribution in [0.25, 0.3) is 0 Å². The number of benzene rings is 2. The van der Waals surface area contributed by atoms with E-state index in [0.29, 0.717) is 22.1 Å². The number of halogens is 1. The summed E-state index contributed by atoms with van der Waals surface area (Å²) in [5, 5.41) is 5.93. The zero-order valence-corrected chi connectivity index (χ0v) is 13.6. The lowest BCUT2D eigenvalue weighted by Gasteiger charge is -2.15. The van der Waals surface area contributed by atoms with Crippen LogP contribution in [-0.4, -0.2) is 17.9 Å². The fraction of sp³-hybridized carbons (Fsp3) is 0.176. The van der Waals surface area contributed by atoms with Gasteiger partial charge in [-0.05, 0) is 37.3 Å². The molecule has 0 aromatic heterocycles. The Morgan fingerprint density at radius 2 is 1.70 bits per heavy atom. The van der Waals surface area contributed by atoms with Gasteiger partial charge in [0.1, 0.15) is 5.75 Å². The Balaban J connectivity index is 1.99. The molecule has 120 valence electrons. The fourth-order valence-electron chi connectivity index (χ4n) is 1.92. The normalized spacial score (nSPS) is 11.4. The molecule has 0 radical (unpaired) electrons. The van der Waals surface area contributed by atoms with Crippen LogP contribution < -0.4 is 15.4 Å². The number of nitrogens with one attached hydrogen (secondary N) is 2. The van der Waals surface area contributed by atoms with Crippen molar-refractivity contribution in [1.29, 1.82) is 0 Å². The summed E-state index contributed by atoms with van der Waals surface area (Å²) in [4.78, 5) is 23.2. The number of carbonyl (C=O) groups excluding carboxylic acids is 2. The van der Waals surface area contributed by atoms with Crippen LogP contribution in [0.15, 0.2) is 48.5 Å². The van der Waals surface area contributed by atoms with Crippen molar-refractivity contribution in [3.63, 3.8) is 0 Å². The second-order valence-electron chi connectivity index (χ2n) is 4.97. The van der Waals surface area contributed by atoms with E-state index >= 15 is 0 Å². The van der Waals surface area contributed by atoms with E-state index in [4.69, 9.17) is 16.3 Å². The second-order valence-corrected chi connectivity index (χ2v) is 5.41. The second kappa shape index (κ2) is 7.65. The van der Waals surface area contributed by atoms with Crippen LogP contribution >= 0.6 is 11.6 Å². The maximum atomic E-state index is 12.1. The average molecular weight is 333 g/mol. The predicted octanol–water partition coefficient (Wildman–Crippen LogP) is 3.70. The van der Waals surface area contributed by atoms with Crippen molar-refractivity contribution < 1.29 is 14.3 Å². The highest BCUT2D eigenvalue weighted by Gasteiger charge is 2.15. The van der Waals surface area contributed by atoms with Gasteiger partial charge in [-0.15, -0.1) is 0 Å². The van der Waals surface area contributed by atoms with E-state index in [1.807, 2.05) is 0 Å². The van der Waals surface area contributed by atoms with E-state index in [9.17, 15) is 9.59 Å². The highest BCUT2D eigenvalue weighted by Crippen LogP contribution is 2.19. The molecular weight excluding hydrogens is 316 g/mol. The SMILES string of the molecule is CC(=O)Nc1cccc(O[C@@H](C)C(=O)Nc2cccc(Cl)c2)c1. The summed E-state index contributed by atoms with van der Waals surface area (Å²) >= 11 is 5.88. The maximum absolute atomic E-state index is 12.1. The van der Waals surface area contributed by atoms with Crippen molar-refractivity contribution in [3.8, 4) is 5.75 Å². The molecular formula is C17H17ClN2O3. The molecule has 0 unspecified atom stereocenters. The van der Waals surface area contributed by atoms with Crippen LogP contribution in [0.5, 0.6) is 5.75 Å². The summed E-state index contributed by atoms with van der Waals surface area (Å²) in [6.45, 7) is 3.07. The minimum atomic E-state index is -0.707. The number of anilines is 2. The lowest BCUT2D eigenvalue weighted by molar-refractivity contribution is -0.122. The number of hydrogen-bond donors (Lipinski definition) is 2. The summed E-state index contributed by atoms with van der Waals surface area (Å²) < 4.78 is 5.60. The van der Waals surface area contributed by atoms with Gasteiger partial charge in [0.15, 0.2) is 6.10 Å². The van der Waals surface area contributed by atoms with Crippen molar-refractivity contribution in [2.75, 3.05) is 10.6 Å². The van der Waals surface area contributed by atoms with Crippen LogP contribution in [0.4, 0.5) is 11.4 Å². The Bertz CT molecular complexity index is 718. The van der Waals surface area contributed by atoms with Crippen molar-refractivity contribution in [3.05, 3.63) is 53.6 Å². The third-order valence-corrected chi connectivity index (χ3v) is 3.16. The third kappa shape index (κ3) is 5.30. The van der Waals surface area contributed by atoms with Gasteiger partial charge in [-0.25, -0.2) is 0 Å². The highest BCUT2D eigenvalue weighted by atomic mass is 35.5. The van der Waals surface area contributed by atoms with Gasteiger partial charge in [-0.2, -0.15) is 0 Å². The van der Waals surface area contributed by atoms with Crippen molar-refractivity contribution in [2.45, 2.75) is 20.0 Å². The zero-order valence-electron chi connectivity index (χ0n) is 12.8. The standard InChI is InChI=1S/C17H17ClN2O3/c1-11(17(22)20-14-6-3-5-13(18)9-14)23-16-8-4-7-15(10-16)19-12(2)21/h3-11H,1-2H3,(H,19,21)(H,20,22)/t11-/m0/s1. The molecule has 0 saturated carbocycles. The van der Waals surface area contributed by atoms with Gasteiger partial charge < -0.3 is 15.4 Å². The lowest BCUT2D eigenvalue weighted by atomic mass is 10.2. The van der Waals surface area contributed by atoms with Gasteiger partial charge in [0.25, 0.3) is 5.91 Å². The number of hydrogen-bond acceptors (Lipinski definition) is 3. The van der Waals surface area contributed by atoms with Crippen LogP contribution in [0.3, 0.4) is 0 Å². The first-order chi connectivity index (χ1) is 10.9. The first kappa shape index (κ1) is 16.8. The van der Waals surface area contributed by atoms with Crippen molar-refractivity contribution >= 4 is 34.8 Å². The number of rotatable bonds is 5. The van der Waals surface area contributed by atoms with Crippen LogP contribution in [-0.2, 0) is 9.59 Å². The molecule has 2 amide bonds. The van der Waals surface area contributed by atoms with Crippen LogP contribution in [0, 0.1) is 0 Å².